The van der Waals surface area contributed by atoms with E-state index in [4.69, 9.17) is 9.84 Å². The Morgan fingerprint density at radius 3 is 2.31 bits per heavy atom. The first kappa shape index (κ1) is 24.7. The monoisotopic (exact) mass is 363 g/mol. The largest absolute Gasteiger partial charge is 0.497 e. The molecular weight excluding hydrogens is 322 g/mol. The first-order valence-corrected chi connectivity index (χ1v) is 10.2. The van der Waals surface area contributed by atoms with E-state index in [9.17, 15) is 0 Å². The normalized spacial score (nSPS) is 22.0. The third kappa shape index (κ3) is 10.6. The van der Waals surface area contributed by atoms with Crippen molar-refractivity contribution in [3.05, 3.63) is 48.2 Å². The summed E-state index contributed by atoms with van der Waals surface area (Å²) in [7, 11) is 3.11. The number of nitrogens with one attached hydrogen (secondary N) is 1. The van der Waals surface area contributed by atoms with Crippen molar-refractivity contribution < 1.29 is 9.84 Å². The highest BCUT2D eigenvalue weighted by Crippen LogP contribution is 2.32. The van der Waals surface area contributed by atoms with Gasteiger partial charge in [0.05, 0.1) is 6.26 Å². The van der Waals surface area contributed by atoms with Gasteiger partial charge in [0.2, 0.25) is 0 Å². The lowest BCUT2D eigenvalue weighted by molar-refractivity contribution is 0.201. The molecule has 0 bridgehead atoms. The molecule has 2 unspecified atom stereocenters. The van der Waals surface area contributed by atoms with E-state index in [1.54, 1.807) is 6.26 Å². The van der Waals surface area contributed by atoms with Gasteiger partial charge in [-0.05, 0) is 50.1 Å². The molecule has 2 rings (SSSR count). The van der Waals surface area contributed by atoms with E-state index < -0.39 is 0 Å². The number of ether oxygens (including phenoxy) is 1. The second-order valence-corrected chi connectivity index (χ2v) is 6.73. The van der Waals surface area contributed by atoms with Gasteiger partial charge < -0.3 is 15.2 Å². The van der Waals surface area contributed by atoms with Crippen LogP contribution in [0, 0.1) is 11.8 Å². The predicted molar refractivity (Wildman–Crippen MR) is 113 cm³/mol. The fourth-order valence-corrected chi connectivity index (χ4v) is 3.45. The van der Waals surface area contributed by atoms with Gasteiger partial charge in [-0.25, -0.2) is 0 Å². The minimum Gasteiger partial charge on any atom is -0.497 e. The summed E-state index contributed by atoms with van der Waals surface area (Å²) >= 11 is 0. The fourth-order valence-electron chi connectivity index (χ4n) is 3.45. The van der Waals surface area contributed by atoms with E-state index in [0.29, 0.717) is 6.61 Å². The van der Waals surface area contributed by atoms with Crippen LogP contribution in [0.4, 0.5) is 0 Å². The van der Waals surface area contributed by atoms with Gasteiger partial charge in [-0.2, -0.15) is 0 Å². The smallest absolute Gasteiger partial charge is 0.112 e. The summed E-state index contributed by atoms with van der Waals surface area (Å²) in [5.74, 6) is 1.95. The second-order valence-electron chi connectivity index (χ2n) is 6.73. The van der Waals surface area contributed by atoms with E-state index in [0.717, 1.165) is 31.4 Å². The molecule has 0 aromatic heterocycles. The number of allylic oxidation sites excluding steroid dienone is 1. The Bertz CT molecular complexity index is 433. The van der Waals surface area contributed by atoms with E-state index in [-0.39, 0.29) is 0 Å². The average molecular weight is 364 g/mol. The van der Waals surface area contributed by atoms with Crippen LogP contribution in [-0.2, 0) is 11.3 Å². The maximum atomic E-state index is 7.00. The van der Waals surface area contributed by atoms with Crippen LogP contribution in [0.25, 0.3) is 0 Å². The molecule has 0 amide bonds. The van der Waals surface area contributed by atoms with Crippen LogP contribution in [-0.4, -0.2) is 25.3 Å². The molecule has 3 atom stereocenters. The van der Waals surface area contributed by atoms with Crippen LogP contribution in [0.5, 0.6) is 0 Å². The van der Waals surface area contributed by atoms with Crippen molar-refractivity contribution >= 4 is 0 Å². The minimum atomic E-state index is 0.664. The lowest BCUT2D eigenvalue weighted by atomic mass is 9.76. The Labute approximate surface area is 161 Å². The highest BCUT2D eigenvalue weighted by atomic mass is 16.5. The van der Waals surface area contributed by atoms with Gasteiger partial charge in [-0.1, -0.05) is 70.0 Å². The quantitative estimate of drug-likeness (QED) is 0.624. The Morgan fingerprint density at radius 2 is 1.77 bits per heavy atom. The van der Waals surface area contributed by atoms with Gasteiger partial charge in [-0.3, -0.25) is 0 Å². The molecule has 0 spiro atoms. The molecule has 1 fully saturated rings. The SMILES string of the molecule is CC/C=C\OCc1ccccc1.CCC1CC[C@@H](NC)C(CC)C1.CO. The zero-order chi connectivity index (χ0) is 19.6. The Morgan fingerprint density at radius 1 is 1.08 bits per heavy atom. The van der Waals surface area contributed by atoms with Crippen molar-refractivity contribution in [1.82, 2.24) is 5.32 Å². The second kappa shape index (κ2) is 17.1. The van der Waals surface area contributed by atoms with Gasteiger partial charge >= 0.3 is 0 Å². The van der Waals surface area contributed by atoms with Gasteiger partial charge in [0.15, 0.2) is 0 Å². The van der Waals surface area contributed by atoms with Crippen LogP contribution in [0.1, 0.15) is 64.9 Å². The standard InChI is InChI=1S/C11H23N.C11H14O.CH4O/c1-4-9-6-7-11(12-3)10(5-2)8-9;1-2-3-9-12-10-11-7-5-4-6-8-11;1-2/h9-12H,4-8H2,1-3H3;3-9H,2,10H2,1H3;2H,1H3/b;9-3-;/t9?,10?,11-;;/m1../s1. The molecule has 26 heavy (non-hydrogen) atoms. The Hall–Kier alpha value is -1.32. The first-order valence-electron chi connectivity index (χ1n) is 10.2. The maximum Gasteiger partial charge on any atom is 0.112 e. The lowest BCUT2D eigenvalue weighted by Crippen LogP contribution is -2.38. The molecule has 3 heteroatoms. The summed E-state index contributed by atoms with van der Waals surface area (Å²) in [4.78, 5) is 0. The van der Waals surface area contributed by atoms with E-state index in [2.05, 4.69) is 45.3 Å². The molecule has 150 valence electrons. The van der Waals surface area contributed by atoms with Crippen LogP contribution >= 0.6 is 0 Å². The maximum absolute atomic E-state index is 7.00. The molecule has 1 aromatic rings. The topological polar surface area (TPSA) is 41.5 Å². The van der Waals surface area contributed by atoms with E-state index in [1.807, 2.05) is 24.3 Å². The highest BCUT2D eigenvalue weighted by Gasteiger charge is 2.26. The lowest BCUT2D eigenvalue weighted by Gasteiger charge is -2.35. The predicted octanol–water partition coefficient (Wildman–Crippen LogP) is 5.55. The molecule has 0 aliphatic heterocycles. The number of aliphatic hydroxyl groups is 1. The molecule has 2 N–H and O–H groups in total. The summed E-state index contributed by atoms with van der Waals surface area (Å²) in [5.41, 5.74) is 1.21. The summed E-state index contributed by atoms with van der Waals surface area (Å²) in [6, 6.07) is 11.0. The summed E-state index contributed by atoms with van der Waals surface area (Å²) < 4.78 is 5.28. The van der Waals surface area contributed by atoms with E-state index in [1.165, 1.54) is 37.7 Å². The van der Waals surface area contributed by atoms with Crippen molar-refractivity contribution in [2.24, 2.45) is 11.8 Å². The summed E-state index contributed by atoms with van der Waals surface area (Å²) in [6.45, 7) is 7.41. The molecule has 1 aliphatic carbocycles. The van der Waals surface area contributed by atoms with Gasteiger partial charge in [0, 0.05) is 13.2 Å². The van der Waals surface area contributed by atoms with Crippen LogP contribution < -0.4 is 5.32 Å². The Balaban J connectivity index is 0.000000439. The highest BCUT2D eigenvalue weighted by molar-refractivity contribution is 5.13. The van der Waals surface area contributed by atoms with Gasteiger partial charge in [0.25, 0.3) is 0 Å². The number of hydrogen-bond donors (Lipinski definition) is 2. The van der Waals surface area contributed by atoms with Crippen LogP contribution in [0.2, 0.25) is 0 Å². The molecule has 0 heterocycles. The van der Waals surface area contributed by atoms with Crippen LogP contribution in [0.15, 0.2) is 42.7 Å². The van der Waals surface area contributed by atoms with E-state index >= 15 is 0 Å². The number of benzene rings is 1. The van der Waals surface area contributed by atoms with Crippen molar-refractivity contribution in [3.8, 4) is 0 Å². The average Bonchev–Trinajstić information content (AvgIpc) is 2.73. The molecule has 1 saturated carbocycles. The zero-order valence-electron chi connectivity index (χ0n) is 17.6. The molecular formula is C23H41NO2. The first-order chi connectivity index (χ1) is 12.7. The third-order valence-electron chi connectivity index (χ3n) is 5.08. The van der Waals surface area contributed by atoms with Gasteiger partial charge in [-0.15, -0.1) is 0 Å². The molecule has 0 saturated heterocycles. The number of aliphatic hydroxyl groups excluding tert-OH is 1. The summed E-state index contributed by atoms with van der Waals surface area (Å²) in [5, 5.41) is 10.4. The molecule has 1 aliphatic rings. The number of rotatable bonds is 7. The molecule has 3 nitrogen and oxygen atoms in total. The molecule has 0 radical (unpaired) electrons. The van der Waals surface area contributed by atoms with Gasteiger partial charge in [0.1, 0.15) is 6.61 Å². The Kier molecular flexibility index (Phi) is 16.2. The summed E-state index contributed by atoms with van der Waals surface area (Å²) in [6.07, 6.45) is 11.8. The van der Waals surface area contributed by atoms with Crippen molar-refractivity contribution in [3.63, 3.8) is 0 Å². The fraction of sp³-hybridized carbons (Fsp3) is 0.652. The van der Waals surface area contributed by atoms with Crippen LogP contribution in [0.3, 0.4) is 0 Å². The molecule has 1 aromatic carbocycles. The van der Waals surface area contributed by atoms with Crippen molar-refractivity contribution in [2.45, 2.75) is 71.9 Å². The number of hydrogen-bond acceptors (Lipinski definition) is 3. The zero-order valence-corrected chi connectivity index (χ0v) is 17.6. The van der Waals surface area contributed by atoms with Crippen molar-refractivity contribution in [2.75, 3.05) is 14.2 Å². The third-order valence-corrected chi connectivity index (χ3v) is 5.08. The minimum absolute atomic E-state index is 0.664. The van der Waals surface area contributed by atoms with Crippen molar-refractivity contribution in [1.29, 1.82) is 0 Å².